The first kappa shape index (κ1) is 13.9. The first-order valence-corrected chi connectivity index (χ1v) is 6.82. The molecule has 104 valence electrons. The zero-order chi connectivity index (χ0) is 13.7. The van der Waals surface area contributed by atoms with Crippen LogP contribution in [-0.2, 0) is 11.2 Å². The average Bonchev–Trinajstić information content (AvgIpc) is 2.86. The van der Waals surface area contributed by atoms with Gasteiger partial charge in [0.15, 0.2) is 0 Å². The first-order valence-electron chi connectivity index (χ1n) is 6.82. The fourth-order valence-corrected chi connectivity index (χ4v) is 2.41. The smallest absolute Gasteiger partial charge is 0.224 e. The van der Waals surface area contributed by atoms with Crippen LogP contribution in [0.4, 0.5) is 0 Å². The van der Waals surface area contributed by atoms with Crippen molar-refractivity contribution in [2.24, 2.45) is 11.8 Å². The van der Waals surface area contributed by atoms with Gasteiger partial charge < -0.3 is 15.4 Å². The van der Waals surface area contributed by atoms with Gasteiger partial charge in [0, 0.05) is 13.1 Å². The van der Waals surface area contributed by atoms with Gasteiger partial charge in [0.2, 0.25) is 5.91 Å². The van der Waals surface area contributed by atoms with Crippen molar-refractivity contribution in [1.82, 2.24) is 10.6 Å². The van der Waals surface area contributed by atoms with E-state index in [1.54, 1.807) is 7.11 Å². The van der Waals surface area contributed by atoms with Gasteiger partial charge in [-0.05, 0) is 36.6 Å². The van der Waals surface area contributed by atoms with Crippen LogP contribution < -0.4 is 15.4 Å². The van der Waals surface area contributed by atoms with Crippen molar-refractivity contribution < 1.29 is 9.53 Å². The molecule has 2 rings (SSSR count). The minimum Gasteiger partial charge on any atom is -0.497 e. The van der Waals surface area contributed by atoms with E-state index in [-0.39, 0.29) is 11.8 Å². The molecule has 4 heteroatoms. The third-order valence-electron chi connectivity index (χ3n) is 3.73. The molecule has 19 heavy (non-hydrogen) atoms. The zero-order valence-electron chi connectivity index (χ0n) is 11.6. The van der Waals surface area contributed by atoms with E-state index in [4.69, 9.17) is 4.74 Å². The highest BCUT2D eigenvalue weighted by molar-refractivity contribution is 5.79. The normalized spacial score (nSPS) is 22.2. The number of rotatable bonds is 5. The third-order valence-corrected chi connectivity index (χ3v) is 3.73. The van der Waals surface area contributed by atoms with Gasteiger partial charge in [-0.1, -0.05) is 19.1 Å². The van der Waals surface area contributed by atoms with E-state index in [0.29, 0.717) is 12.5 Å². The molecule has 1 aliphatic rings. The molecule has 1 saturated heterocycles. The Morgan fingerprint density at radius 3 is 2.68 bits per heavy atom. The number of carbonyl (C=O) groups excluding carboxylic acids is 1. The Morgan fingerprint density at radius 1 is 1.37 bits per heavy atom. The van der Waals surface area contributed by atoms with E-state index in [2.05, 4.69) is 17.6 Å². The maximum atomic E-state index is 12.0. The van der Waals surface area contributed by atoms with Crippen LogP contribution >= 0.6 is 0 Å². The van der Waals surface area contributed by atoms with Crippen molar-refractivity contribution in [3.63, 3.8) is 0 Å². The molecule has 1 heterocycles. The molecule has 0 aliphatic carbocycles. The van der Waals surface area contributed by atoms with Crippen LogP contribution in [0.15, 0.2) is 24.3 Å². The molecule has 0 radical (unpaired) electrons. The second-order valence-electron chi connectivity index (χ2n) is 5.13. The van der Waals surface area contributed by atoms with E-state index in [1.165, 1.54) is 5.56 Å². The van der Waals surface area contributed by atoms with E-state index in [9.17, 15) is 4.79 Å². The standard InChI is InChI=1S/C15H22N2O2/c1-11-9-16-10-14(11)15(18)17-8-7-12-3-5-13(19-2)6-4-12/h3-6,11,14,16H,7-10H2,1-2H3,(H,17,18)/t11-,14-/m1/s1. The van der Waals surface area contributed by atoms with Gasteiger partial charge in [-0.25, -0.2) is 0 Å². The molecule has 4 nitrogen and oxygen atoms in total. The van der Waals surface area contributed by atoms with Gasteiger partial charge in [-0.15, -0.1) is 0 Å². The van der Waals surface area contributed by atoms with E-state index in [0.717, 1.165) is 25.3 Å². The summed E-state index contributed by atoms with van der Waals surface area (Å²) < 4.78 is 5.11. The summed E-state index contributed by atoms with van der Waals surface area (Å²) in [7, 11) is 1.66. The molecule has 0 bridgehead atoms. The van der Waals surface area contributed by atoms with E-state index < -0.39 is 0 Å². The molecule has 0 spiro atoms. The minimum atomic E-state index is 0.121. The second-order valence-corrected chi connectivity index (χ2v) is 5.13. The Labute approximate surface area is 114 Å². The quantitative estimate of drug-likeness (QED) is 0.838. The Kier molecular flexibility index (Phi) is 4.80. The van der Waals surface area contributed by atoms with Crippen LogP contribution in [0.25, 0.3) is 0 Å². The summed E-state index contributed by atoms with van der Waals surface area (Å²) in [6.45, 7) is 4.55. The molecule has 2 atom stereocenters. The fraction of sp³-hybridized carbons (Fsp3) is 0.533. The molecule has 1 fully saturated rings. The molecule has 1 amide bonds. The monoisotopic (exact) mass is 262 g/mol. The summed E-state index contributed by atoms with van der Waals surface area (Å²) in [5.74, 6) is 1.58. The predicted octanol–water partition coefficient (Wildman–Crippen LogP) is 1.21. The first-order chi connectivity index (χ1) is 9.20. The summed E-state index contributed by atoms with van der Waals surface area (Å²) in [6.07, 6.45) is 0.851. The lowest BCUT2D eigenvalue weighted by Gasteiger charge is -2.14. The van der Waals surface area contributed by atoms with Crippen molar-refractivity contribution in [2.45, 2.75) is 13.3 Å². The number of benzene rings is 1. The van der Waals surface area contributed by atoms with Gasteiger partial charge in [0.25, 0.3) is 0 Å². The van der Waals surface area contributed by atoms with Gasteiger partial charge >= 0.3 is 0 Å². The molecular formula is C15H22N2O2. The van der Waals surface area contributed by atoms with Crippen molar-refractivity contribution in [1.29, 1.82) is 0 Å². The van der Waals surface area contributed by atoms with Crippen LogP contribution in [0.2, 0.25) is 0 Å². The fourth-order valence-electron chi connectivity index (χ4n) is 2.41. The van der Waals surface area contributed by atoms with Crippen LogP contribution in [0.5, 0.6) is 5.75 Å². The van der Waals surface area contributed by atoms with Crippen LogP contribution in [0, 0.1) is 11.8 Å². The largest absolute Gasteiger partial charge is 0.497 e. The number of hydrogen-bond acceptors (Lipinski definition) is 3. The number of carbonyl (C=O) groups is 1. The Bertz CT molecular complexity index is 417. The zero-order valence-corrected chi connectivity index (χ0v) is 11.6. The summed E-state index contributed by atoms with van der Waals surface area (Å²) in [4.78, 5) is 12.0. The van der Waals surface area contributed by atoms with Crippen LogP contribution in [0.3, 0.4) is 0 Å². The van der Waals surface area contributed by atoms with Crippen molar-refractivity contribution >= 4 is 5.91 Å². The molecule has 0 unspecified atom stereocenters. The van der Waals surface area contributed by atoms with E-state index in [1.807, 2.05) is 24.3 Å². The third kappa shape index (κ3) is 3.70. The lowest BCUT2D eigenvalue weighted by molar-refractivity contribution is -0.125. The molecule has 2 N–H and O–H groups in total. The summed E-state index contributed by atoms with van der Waals surface area (Å²) in [5, 5.41) is 6.27. The topological polar surface area (TPSA) is 50.4 Å². The van der Waals surface area contributed by atoms with E-state index >= 15 is 0 Å². The summed E-state index contributed by atoms with van der Waals surface area (Å²) in [6, 6.07) is 7.95. The lowest BCUT2D eigenvalue weighted by Crippen LogP contribution is -2.35. The molecular weight excluding hydrogens is 240 g/mol. The molecule has 0 saturated carbocycles. The molecule has 1 aromatic rings. The summed E-state index contributed by atoms with van der Waals surface area (Å²) >= 11 is 0. The van der Waals surface area contributed by atoms with Gasteiger partial charge in [-0.2, -0.15) is 0 Å². The van der Waals surface area contributed by atoms with Gasteiger partial charge in [0.1, 0.15) is 5.75 Å². The number of amides is 1. The number of nitrogens with one attached hydrogen (secondary N) is 2. The molecule has 1 aromatic carbocycles. The van der Waals surface area contributed by atoms with Crippen molar-refractivity contribution in [2.75, 3.05) is 26.7 Å². The lowest BCUT2D eigenvalue weighted by atomic mass is 9.97. The molecule has 0 aromatic heterocycles. The van der Waals surface area contributed by atoms with Crippen molar-refractivity contribution in [3.05, 3.63) is 29.8 Å². The maximum absolute atomic E-state index is 12.0. The number of hydrogen-bond donors (Lipinski definition) is 2. The predicted molar refractivity (Wildman–Crippen MR) is 75.2 cm³/mol. The minimum absolute atomic E-state index is 0.121. The van der Waals surface area contributed by atoms with Gasteiger partial charge in [-0.3, -0.25) is 4.79 Å². The maximum Gasteiger partial charge on any atom is 0.224 e. The molecule has 1 aliphatic heterocycles. The Balaban J connectivity index is 1.75. The van der Waals surface area contributed by atoms with Crippen LogP contribution in [-0.4, -0.2) is 32.7 Å². The van der Waals surface area contributed by atoms with Crippen LogP contribution in [0.1, 0.15) is 12.5 Å². The highest BCUT2D eigenvalue weighted by Gasteiger charge is 2.28. The summed E-state index contributed by atoms with van der Waals surface area (Å²) in [5.41, 5.74) is 1.21. The number of ether oxygens (including phenoxy) is 1. The Morgan fingerprint density at radius 2 is 2.11 bits per heavy atom. The number of methoxy groups -OCH3 is 1. The van der Waals surface area contributed by atoms with Crippen molar-refractivity contribution in [3.8, 4) is 5.75 Å². The second kappa shape index (κ2) is 6.57. The van der Waals surface area contributed by atoms with Gasteiger partial charge in [0.05, 0.1) is 13.0 Å². The average molecular weight is 262 g/mol. The SMILES string of the molecule is COc1ccc(CCNC(=O)[C@@H]2CNC[C@H]2C)cc1. The highest BCUT2D eigenvalue weighted by Crippen LogP contribution is 2.15. The Hall–Kier alpha value is -1.55. The highest BCUT2D eigenvalue weighted by atomic mass is 16.5.